The molecule has 0 heterocycles. The second-order valence-corrected chi connectivity index (χ2v) is 7.70. The number of fused-ring (bicyclic) bond motifs is 4. The molecule has 4 aliphatic carbocycles. The average molecular weight is 312 g/mol. The SMILES string of the molecule is C=CO[C@H]1C[C@]2(C)C(=O)CCC2C2CCC3=CC(=O)CCC3=C21. The van der Waals surface area contributed by atoms with Gasteiger partial charge in [0.25, 0.3) is 0 Å². The molecule has 4 rings (SSSR count). The second-order valence-electron chi connectivity index (χ2n) is 7.70. The van der Waals surface area contributed by atoms with Gasteiger partial charge in [0, 0.05) is 24.7 Å². The Labute approximate surface area is 137 Å². The highest BCUT2D eigenvalue weighted by atomic mass is 16.5. The fraction of sp³-hybridized carbons (Fsp3) is 0.600. The molecule has 0 spiro atoms. The van der Waals surface area contributed by atoms with Crippen LogP contribution in [0.1, 0.15) is 51.9 Å². The third-order valence-corrected chi connectivity index (χ3v) is 6.66. The van der Waals surface area contributed by atoms with Gasteiger partial charge in [-0.1, -0.05) is 13.5 Å². The number of ether oxygens (including phenoxy) is 1. The third kappa shape index (κ3) is 2.09. The van der Waals surface area contributed by atoms with Crippen molar-refractivity contribution < 1.29 is 14.3 Å². The molecule has 0 aromatic carbocycles. The summed E-state index contributed by atoms with van der Waals surface area (Å²) in [6, 6.07) is 0. The Morgan fingerprint density at radius 2 is 2.04 bits per heavy atom. The Morgan fingerprint density at radius 3 is 2.83 bits per heavy atom. The molecule has 23 heavy (non-hydrogen) atoms. The smallest absolute Gasteiger partial charge is 0.156 e. The molecule has 0 radical (unpaired) electrons. The first-order valence-electron chi connectivity index (χ1n) is 8.81. The molecular formula is C20H24O3. The molecular weight excluding hydrogens is 288 g/mol. The van der Waals surface area contributed by atoms with E-state index in [0.29, 0.717) is 30.5 Å². The van der Waals surface area contributed by atoms with Gasteiger partial charge in [-0.05, 0) is 60.3 Å². The summed E-state index contributed by atoms with van der Waals surface area (Å²) in [5.74, 6) is 1.54. The normalized spacial score (nSPS) is 39.3. The molecule has 2 fully saturated rings. The van der Waals surface area contributed by atoms with E-state index in [1.54, 1.807) is 0 Å². The molecule has 4 aliphatic rings. The molecule has 0 aliphatic heterocycles. The minimum Gasteiger partial charge on any atom is -0.494 e. The minimum absolute atomic E-state index is 0.0484. The quantitative estimate of drug-likeness (QED) is 0.726. The van der Waals surface area contributed by atoms with Gasteiger partial charge in [0.15, 0.2) is 5.78 Å². The lowest BCUT2D eigenvalue weighted by Crippen LogP contribution is -2.46. The van der Waals surface area contributed by atoms with Crippen molar-refractivity contribution in [3.8, 4) is 0 Å². The average Bonchev–Trinajstić information content (AvgIpc) is 2.82. The van der Waals surface area contributed by atoms with Crippen LogP contribution in [0.4, 0.5) is 0 Å². The van der Waals surface area contributed by atoms with Gasteiger partial charge >= 0.3 is 0 Å². The van der Waals surface area contributed by atoms with Crippen molar-refractivity contribution in [1.82, 2.24) is 0 Å². The van der Waals surface area contributed by atoms with E-state index in [0.717, 1.165) is 32.1 Å². The van der Waals surface area contributed by atoms with Crippen LogP contribution >= 0.6 is 0 Å². The maximum absolute atomic E-state index is 12.5. The van der Waals surface area contributed by atoms with Gasteiger partial charge in [-0.15, -0.1) is 0 Å². The van der Waals surface area contributed by atoms with Gasteiger partial charge in [0.1, 0.15) is 11.9 Å². The largest absolute Gasteiger partial charge is 0.494 e. The van der Waals surface area contributed by atoms with Crippen LogP contribution in [0.15, 0.2) is 35.6 Å². The van der Waals surface area contributed by atoms with Crippen molar-refractivity contribution in [2.45, 2.75) is 58.0 Å². The Hall–Kier alpha value is -1.64. The molecule has 0 aromatic rings. The molecule has 3 heteroatoms. The third-order valence-electron chi connectivity index (χ3n) is 6.66. The number of ketones is 2. The predicted molar refractivity (Wildman–Crippen MR) is 87.6 cm³/mol. The van der Waals surface area contributed by atoms with Crippen LogP contribution in [-0.2, 0) is 14.3 Å². The number of carbonyl (C=O) groups is 2. The molecule has 4 atom stereocenters. The number of allylic oxidation sites excluding steroid dienone is 3. The van der Waals surface area contributed by atoms with Crippen molar-refractivity contribution in [2.24, 2.45) is 17.3 Å². The number of Topliss-reactive ketones (excluding diaryl/α,β-unsaturated/α-hetero) is 1. The van der Waals surface area contributed by atoms with E-state index < -0.39 is 0 Å². The molecule has 0 N–H and O–H groups in total. The highest BCUT2D eigenvalue weighted by molar-refractivity contribution is 5.93. The summed E-state index contributed by atoms with van der Waals surface area (Å²) in [7, 11) is 0. The summed E-state index contributed by atoms with van der Waals surface area (Å²) in [6.45, 7) is 5.88. The summed E-state index contributed by atoms with van der Waals surface area (Å²) < 4.78 is 5.89. The van der Waals surface area contributed by atoms with E-state index in [1.165, 1.54) is 23.0 Å². The van der Waals surface area contributed by atoms with Crippen LogP contribution in [0.5, 0.6) is 0 Å². The lowest BCUT2D eigenvalue weighted by atomic mass is 9.56. The molecule has 3 nitrogen and oxygen atoms in total. The molecule has 2 saturated carbocycles. The molecule has 2 unspecified atom stereocenters. The van der Waals surface area contributed by atoms with Crippen LogP contribution in [0.3, 0.4) is 0 Å². The van der Waals surface area contributed by atoms with Crippen molar-refractivity contribution in [1.29, 1.82) is 0 Å². The van der Waals surface area contributed by atoms with Crippen LogP contribution in [0.2, 0.25) is 0 Å². The summed E-state index contributed by atoms with van der Waals surface area (Å²) in [5, 5.41) is 0. The molecule has 0 aromatic heterocycles. The monoisotopic (exact) mass is 312 g/mol. The maximum Gasteiger partial charge on any atom is 0.156 e. The van der Waals surface area contributed by atoms with Gasteiger partial charge in [0.05, 0.1) is 6.26 Å². The zero-order chi connectivity index (χ0) is 16.2. The Kier molecular flexibility index (Phi) is 3.36. The van der Waals surface area contributed by atoms with Gasteiger partial charge in [0.2, 0.25) is 0 Å². The fourth-order valence-electron chi connectivity index (χ4n) is 5.60. The van der Waals surface area contributed by atoms with Gasteiger partial charge in [-0.2, -0.15) is 0 Å². The van der Waals surface area contributed by atoms with Crippen molar-refractivity contribution in [3.63, 3.8) is 0 Å². The number of hydrogen-bond acceptors (Lipinski definition) is 3. The van der Waals surface area contributed by atoms with Crippen LogP contribution in [0, 0.1) is 17.3 Å². The molecule has 122 valence electrons. The first kappa shape index (κ1) is 14.9. The van der Waals surface area contributed by atoms with Gasteiger partial charge in [-0.3, -0.25) is 9.59 Å². The van der Waals surface area contributed by atoms with Gasteiger partial charge < -0.3 is 4.74 Å². The Balaban J connectivity index is 1.83. The topological polar surface area (TPSA) is 43.4 Å². The zero-order valence-electron chi connectivity index (χ0n) is 13.8. The van der Waals surface area contributed by atoms with E-state index in [2.05, 4.69) is 13.5 Å². The molecule has 0 bridgehead atoms. The minimum atomic E-state index is -0.242. The van der Waals surface area contributed by atoms with E-state index in [1.807, 2.05) is 6.08 Å². The van der Waals surface area contributed by atoms with Crippen LogP contribution in [-0.4, -0.2) is 17.7 Å². The highest BCUT2D eigenvalue weighted by Crippen LogP contribution is 2.59. The Bertz CT molecular complexity index is 654. The van der Waals surface area contributed by atoms with Crippen molar-refractivity contribution in [2.75, 3.05) is 0 Å². The van der Waals surface area contributed by atoms with Crippen LogP contribution < -0.4 is 0 Å². The summed E-state index contributed by atoms with van der Waals surface area (Å²) >= 11 is 0. The first-order valence-corrected chi connectivity index (χ1v) is 8.81. The standard InChI is InChI=1S/C20H24O3/c1-3-23-17-11-20(2)16(8-9-18(20)22)15-6-4-12-10-13(21)5-7-14(12)19(15)17/h3,10,15-17H,1,4-9,11H2,2H3/t15?,16?,17-,20-/m0/s1. The predicted octanol–water partition coefficient (Wildman–Crippen LogP) is 3.90. The molecule has 0 saturated heterocycles. The van der Waals surface area contributed by atoms with Gasteiger partial charge in [-0.25, -0.2) is 0 Å². The summed E-state index contributed by atoms with van der Waals surface area (Å²) in [5.41, 5.74) is 3.72. The zero-order valence-corrected chi connectivity index (χ0v) is 13.8. The van der Waals surface area contributed by atoms with E-state index in [-0.39, 0.29) is 17.3 Å². The van der Waals surface area contributed by atoms with E-state index >= 15 is 0 Å². The lowest BCUT2D eigenvalue weighted by Gasteiger charge is -2.49. The first-order chi connectivity index (χ1) is 11.0. The lowest BCUT2D eigenvalue weighted by molar-refractivity contribution is -0.130. The van der Waals surface area contributed by atoms with Crippen molar-refractivity contribution in [3.05, 3.63) is 35.6 Å². The number of hydrogen-bond donors (Lipinski definition) is 0. The highest BCUT2D eigenvalue weighted by Gasteiger charge is 2.56. The molecule has 0 amide bonds. The maximum atomic E-state index is 12.5. The van der Waals surface area contributed by atoms with E-state index in [9.17, 15) is 9.59 Å². The Morgan fingerprint density at radius 1 is 1.22 bits per heavy atom. The second kappa shape index (κ2) is 5.19. The van der Waals surface area contributed by atoms with Crippen LogP contribution in [0.25, 0.3) is 0 Å². The summed E-state index contributed by atoms with van der Waals surface area (Å²) in [4.78, 5) is 24.3. The van der Waals surface area contributed by atoms with Crippen molar-refractivity contribution >= 4 is 11.6 Å². The van der Waals surface area contributed by atoms with E-state index in [4.69, 9.17) is 4.74 Å². The number of carbonyl (C=O) groups excluding carboxylic acids is 2. The fourth-order valence-corrected chi connectivity index (χ4v) is 5.60. The summed E-state index contributed by atoms with van der Waals surface area (Å²) in [6.07, 6.45) is 9.26. The number of rotatable bonds is 2.